The molecular weight excluding hydrogens is 271 g/mol. The van der Waals surface area contributed by atoms with Crippen molar-refractivity contribution in [3.05, 3.63) is 47.7 Å². The zero-order valence-electron chi connectivity index (χ0n) is 10.2. The number of nitrogens with two attached hydrogens (primary N) is 1. The zero-order chi connectivity index (χ0) is 14.0. The molecule has 19 heavy (non-hydrogen) atoms. The lowest BCUT2D eigenvalue weighted by atomic mass is 10.3. The predicted octanol–water partition coefficient (Wildman–Crippen LogP) is 1.79. The smallest absolute Gasteiger partial charge is 0.241 e. The van der Waals surface area contributed by atoms with Gasteiger partial charge in [0.2, 0.25) is 10.0 Å². The number of halogens is 1. The van der Waals surface area contributed by atoms with Crippen LogP contribution >= 0.6 is 0 Å². The molecule has 7 heteroatoms. The summed E-state index contributed by atoms with van der Waals surface area (Å²) in [6.07, 6.45) is 0. The number of hydrogen-bond acceptors (Lipinski definition) is 4. The number of nitrogen functional groups attached to an aromatic ring is 1. The predicted molar refractivity (Wildman–Crippen MR) is 68.3 cm³/mol. The molecule has 0 bridgehead atoms. The molecule has 0 radical (unpaired) electrons. The second kappa shape index (κ2) is 5.02. The largest absolute Gasteiger partial charge is 0.465 e. The standard InChI is InChI=1S/C12H13FN2O3S/c1-8-2-3-11(18-8)7-15-19(16,17)12-5-9(13)4-10(14)6-12/h2-6,15H,7,14H2,1H3. The summed E-state index contributed by atoms with van der Waals surface area (Å²) in [6, 6.07) is 6.54. The minimum absolute atomic E-state index is 0.00735. The monoisotopic (exact) mass is 284 g/mol. The number of sulfonamides is 1. The van der Waals surface area contributed by atoms with Gasteiger partial charge in [-0.3, -0.25) is 0 Å². The van der Waals surface area contributed by atoms with Gasteiger partial charge in [-0.25, -0.2) is 17.5 Å². The molecule has 2 rings (SSSR count). The van der Waals surface area contributed by atoms with E-state index in [-0.39, 0.29) is 17.1 Å². The van der Waals surface area contributed by atoms with Gasteiger partial charge in [-0.1, -0.05) is 0 Å². The summed E-state index contributed by atoms with van der Waals surface area (Å²) in [6.45, 7) is 1.75. The lowest BCUT2D eigenvalue weighted by Gasteiger charge is -2.06. The van der Waals surface area contributed by atoms with Crippen LogP contribution in [0.1, 0.15) is 11.5 Å². The van der Waals surface area contributed by atoms with Crippen LogP contribution in [0, 0.1) is 12.7 Å². The van der Waals surface area contributed by atoms with Crippen LogP contribution < -0.4 is 10.5 Å². The first-order valence-corrected chi connectivity index (χ1v) is 6.96. The fraction of sp³-hybridized carbons (Fsp3) is 0.167. The highest BCUT2D eigenvalue weighted by Gasteiger charge is 2.16. The van der Waals surface area contributed by atoms with Crippen LogP contribution in [0.4, 0.5) is 10.1 Å². The van der Waals surface area contributed by atoms with Crippen LogP contribution in [0.3, 0.4) is 0 Å². The maximum absolute atomic E-state index is 13.1. The molecule has 2 aromatic rings. The van der Waals surface area contributed by atoms with Gasteiger partial charge in [0.15, 0.2) is 0 Å². The molecule has 5 nitrogen and oxygen atoms in total. The molecule has 1 heterocycles. The highest BCUT2D eigenvalue weighted by molar-refractivity contribution is 7.89. The Bertz CT molecular complexity index is 675. The molecule has 102 valence electrons. The summed E-state index contributed by atoms with van der Waals surface area (Å²) in [4.78, 5) is -0.215. The Hall–Kier alpha value is -1.86. The van der Waals surface area contributed by atoms with Gasteiger partial charge in [0, 0.05) is 5.69 Å². The fourth-order valence-electron chi connectivity index (χ4n) is 1.57. The van der Waals surface area contributed by atoms with Crippen molar-refractivity contribution in [1.29, 1.82) is 0 Å². The maximum atomic E-state index is 13.1. The van der Waals surface area contributed by atoms with E-state index in [9.17, 15) is 12.8 Å². The Morgan fingerprint density at radius 1 is 1.32 bits per heavy atom. The molecule has 0 unspecified atom stereocenters. The number of benzene rings is 1. The molecular formula is C12H13FN2O3S. The molecule has 0 aliphatic carbocycles. The van der Waals surface area contributed by atoms with Gasteiger partial charge >= 0.3 is 0 Å². The topological polar surface area (TPSA) is 85.3 Å². The van der Waals surface area contributed by atoms with E-state index in [1.54, 1.807) is 19.1 Å². The molecule has 0 amide bonds. The summed E-state index contributed by atoms with van der Waals surface area (Å²) in [5.41, 5.74) is 5.47. The summed E-state index contributed by atoms with van der Waals surface area (Å²) < 4.78 is 44.6. The van der Waals surface area contributed by atoms with Gasteiger partial charge < -0.3 is 10.2 Å². The van der Waals surface area contributed by atoms with Crippen LogP contribution in [0.2, 0.25) is 0 Å². The van der Waals surface area contributed by atoms with E-state index in [0.717, 1.165) is 12.1 Å². The average molecular weight is 284 g/mol. The summed E-state index contributed by atoms with van der Waals surface area (Å²) in [5.74, 6) is 0.462. The Morgan fingerprint density at radius 2 is 2.05 bits per heavy atom. The van der Waals surface area contributed by atoms with Crippen molar-refractivity contribution in [3.63, 3.8) is 0 Å². The van der Waals surface area contributed by atoms with Crippen LogP contribution in [0.25, 0.3) is 0 Å². The fourth-order valence-corrected chi connectivity index (χ4v) is 2.63. The number of nitrogens with one attached hydrogen (secondary N) is 1. The normalized spacial score (nSPS) is 11.7. The van der Waals surface area contributed by atoms with Crippen molar-refractivity contribution < 1.29 is 17.2 Å². The summed E-state index contributed by atoms with van der Waals surface area (Å²) in [5, 5.41) is 0. The molecule has 0 fully saturated rings. The number of rotatable bonds is 4. The summed E-state index contributed by atoms with van der Waals surface area (Å²) >= 11 is 0. The minimum Gasteiger partial charge on any atom is -0.465 e. The first-order valence-electron chi connectivity index (χ1n) is 5.48. The van der Waals surface area contributed by atoms with Gasteiger partial charge in [0.05, 0.1) is 11.4 Å². The molecule has 1 aromatic carbocycles. The van der Waals surface area contributed by atoms with Crippen molar-refractivity contribution in [2.45, 2.75) is 18.4 Å². The SMILES string of the molecule is Cc1ccc(CNS(=O)(=O)c2cc(N)cc(F)c2)o1. The van der Waals surface area contributed by atoms with Gasteiger partial charge in [0.25, 0.3) is 0 Å². The zero-order valence-corrected chi connectivity index (χ0v) is 11.0. The van der Waals surface area contributed by atoms with Crippen molar-refractivity contribution in [2.24, 2.45) is 0 Å². The number of furan rings is 1. The van der Waals surface area contributed by atoms with Crippen LogP contribution in [0.5, 0.6) is 0 Å². The minimum atomic E-state index is -3.82. The third-order valence-electron chi connectivity index (χ3n) is 2.44. The molecule has 0 aliphatic rings. The van der Waals surface area contributed by atoms with E-state index in [2.05, 4.69) is 4.72 Å². The van der Waals surface area contributed by atoms with Crippen molar-refractivity contribution >= 4 is 15.7 Å². The van der Waals surface area contributed by atoms with Crippen molar-refractivity contribution in [2.75, 3.05) is 5.73 Å². The van der Waals surface area contributed by atoms with Crippen molar-refractivity contribution in [1.82, 2.24) is 4.72 Å². The lowest BCUT2D eigenvalue weighted by molar-refractivity contribution is 0.475. The Labute approximate surface area is 110 Å². The molecule has 0 saturated carbocycles. The van der Waals surface area contributed by atoms with E-state index >= 15 is 0 Å². The van der Waals surface area contributed by atoms with E-state index in [4.69, 9.17) is 10.2 Å². The van der Waals surface area contributed by atoms with Crippen LogP contribution in [-0.2, 0) is 16.6 Å². The van der Waals surface area contributed by atoms with Gasteiger partial charge in [-0.2, -0.15) is 0 Å². The first kappa shape index (κ1) is 13.6. The highest BCUT2D eigenvalue weighted by Crippen LogP contribution is 2.16. The number of hydrogen-bond donors (Lipinski definition) is 2. The quantitative estimate of drug-likeness (QED) is 0.838. The van der Waals surface area contributed by atoms with Gasteiger partial charge in [-0.05, 0) is 37.3 Å². The lowest BCUT2D eigenvalue weighted by Crippen LogP contribution is -2.23. The molecule has 0 aliphatic heterocycles. The number of aryl methyl sites for hydroxylation is 1. The van der Waals surface area contributed by atoms with E-state index in [1.807, 2.05) is 0 Å². The highest BCUT2D eigenvalue weighted by atomic mass is 32.2. The molecule has 0 spiro atoms. The van der Waals surface area contributed by atoms with Gasteiger partial charge in [-0.15, -0.1) is 0 Å². The third-order valence-corrected chi connectivity index (χ3v) is 3.82. The Balaban J connectivity index is 2.18. The van der Waals surface area contributed by atoms with Gasteiger partial charge in [0.1, 0.15) is 17.3 Å². The van der Waals surface area contributed by atoms with E-state index < -0.39 is 15.8 Å². The molecule has 0 atom stereocenters. The average Bonchev–Trinajstić information content (AvgIpc) is 2.71. The van der Waals surface area contributed by atoms with E-state index in [0.29, 0.717) is 11.5 Å². The first-order chi connectivity index (χ1) is 8.87. The maximum Gasteiger partial charge on any atom is 0.241 e. The Kier molecular flexibility index (Phi) is 3.59. The summed E-state index contributed by atoms with van der Waals surface area (Å²) in [7, 11) is -3.82. The Morgan fingerprint density at radius 3 is 2.63 bits per heavy atom. The second-order valence-electron chi connectivity index (χ2n) is 4.06. The molecule has 1 aromatic heterocycles. The van der Waals surface area contributed by atoms with Crippen LogP contribution in [-0.4, -0.2) is 8.42 Å². The molecule has 3 N–H and O–H groups in total. The third kappa shape index (κ3) is 3.33. The van der Waals surface area contributed by atoms with Crippen LogP contribution in [0.15, 0.2) is 39.6 Å². The molecule has 0 saturated heterocycles. The van der Waals surface area contributed by atoms with E-state index in [1.165, 1.54) is 6.07 Å². The second-order valence-corrected chi connectivity index (χ2v) is 5.82. The van der Waals surface area contributed by atoms with Crippen molar-refractivity contribution in [3.8, 4) is 0 Å². The number of anilines is 1.